The van der Waals surface area contributed by atoms with Gasteiger partial charge in [-0.2, -0.15) is 0 Å². The fourth-order valence-corrected chi connectivity index (χ4v) is 3.24. The Balaban J connectivity index is 2.02. The summed E-state index contributed by atoms with van der Waals surface area (Å²) in [5.74, 6) is 0.553. The SMILES string of the molecule is CC(C)[C@@H]1C[C@H](N2C(=O)C=CC2=O)c2ccccc21. The summed E-state index contributed by atoms with van der Waals surface area (Å²) in [5, 5.41) is 0. The molecule has 0 unspecified atom stereocenters. The maximum atomic E-state index is 11.9. The Morgan fingerprint density at radius 1 is 1.05 bits per heavy atom. The molecule has 1 heterocycles. The molecule has 3 nitrogen and oxygen atoms in total. The number of fused-ring (bicyclic) bond motifs is 1. The van der Waals surface area contributed by atoms with Crippen molar-refractivity contribution in [2.24, 2.45) is 5.92 Å². The second-order valence-corrected chi connectivity index (χ2v) is 5.61. The Morgan fingerprint density at radius 3 is 2.21 bits per heavy atom. The molecule has 1 aromatic carbocycles. The maximum absolute atomic E-state index is 11.9. The van der Waals surface area contributed by atoms with E-state index in [1.807, 2.05) is 18.2 Å². The van der Waals surface area contributed by atoms with Gasteiger partial charge >= 0.3 is 0 Å². The number of amides is 2. The van der Waals surface area contributed by atoms with Crippen LogP contribution in [0.15, 0.2) is 36.4 Å². The number of nitrogens with zero attached hydrogens (tertiary/aromatic N) is 1. The third-order valence-electron chi connectivity index (χ3n) is 4.19. The predicted octanol–water partition coefficient (Wildman–Crippen LogP) is 2.80. The van der Waals surface area contributed by atoms with Crippen LogP contribution in [0.25, 0.3) is 0 Å². The molecule has 2 aliphatic rings. The molecule has 3 heteroatoms. The highest BCUT2D eigenvalue weighted by atomic mass is 16.2. The van der Waals surface area contributed by atoms with Gasteiger partial charge in [0, 0.05) is 12.2 Å². The van der Waals surface area contributed by atoms with E-state index in [0.717, 1.165) is 12.0 Å². The second-order valence-electron chi connectivity index (χ2n) is 5.61. The lowest BCUT2D eigenvalue weighted by atomic mass is 9.90. The highest BCUT2D eigenvalue weighted by Crippen LogP contribution is 2.47. The van der Waals surface area contributed by atoms with E-state index in [1.54, 1.807) is 0 Å². The predicted molar refractivity (Wildman–Crippen MR) is 72.4 cm³/mol. The van der Waals surface area contributed by atoms with E-state index in [4.69, 9.17) is 0 Å². The molecule has 3 rings (SSSR count). The van der Waals surface area contributed by atoms with Gasteiger partial charge in [0.2, 0.25) is 0 Å². The zero-order valence-corrected chi connectivity index (χ0v) is 11.2. The summed E-state index contributed by atoms with van der Waals surface area (Å²) >= 11 is 0. The van der Waals surface area contributed by atoms with Crippen LogP contribution in [0, 0.1) is 5.92 Å². The van der Waals surface area contributed by atoms with Gasteiger partial charge in [-0.25, -0.2) is 0 Å². The number of carbonyl (C=O) groups is 2. The lowest BCUT2D eigenvalue weighted by molar-refractivity contribution is -0.139. The van der Waals surface area contributed by atoms with E-state index in [-0.39, 0.29) is 17.9 Å². The fraction of sp³-hybridized carbons (Fsp3) is 0.375. The molecule has 2 atom stereocenters. The zero-order valence-electron chi connectivity index (χ0n) is 11.2. The molecule has 1 aliphatic heterocycles. The van der Waals surface area contributed by atoms with Crippen LogP contribution >= 0.6 is 0 Å². The average Bonchev–Trinajstić information content (AvgIpc) is 2.91. The summed E-state index contributed by atoms with van der Waals surface area (Å²) in [6.45, 7) is 4.38. The van der Waals surface area contributed by atoms with E-state index in [2.05, 4.69) is 19.9 Å². The third-order valence-corrected chi connectivity index (χ3v) is 4.19. The summed E-state index contributed by atoms with van der Waals surface area (Å²) in [7, 11) is 0. The van der Waals surface area contributed by atoms with Gasteiger partial charge in [-0.3, -0.25) is 14.5 Å². The summed E-state index contributed by atoms with van der Waals surface area (Å²) in [5.41, 5.74) is 2.42. The molecule has 0 saturated carbocycles. The van der Waals surface area contributed by atoms with Crippen molar-refractivity contribution in [2.45, 2.75) is 32.2 Å². The van der Waals surface area contributed by atoms with Gasteiger partial charge in [0.15, 0.2) is 0 Å². The van der Waals surface area contributed by atoms with Crippen molar-refractivity contribution in [2.75, 3.05) is 0 Å². The van der Waals surface area contributed by atoms with Crippen LogP contribution < -0.4 is 0 Å². The molecule has 0 fully saturated rings. The largest absolute Gasteiger partial charge is 0.269 e. The van der Waals surface area contributed by atoms with Crippen molar-refractivity contribution in [1.29, 1.82) is 0 Å². The van der Waals surface area contributed by atoms with Crippen molar-refractivity contribution in [3.63, 3.8) is 0 Å². The van der Waals surface area contributed by atoms with Crippen molar-refractivity contribution in [1.82, 2.24) is 4.90 Å². The number of rotatable bonds is 2. The minimum atomic E-state index is -0.186. The summed E-state index contributed by atoms with van der Waals surface area (Å²) in [6.07, 6.45) is 3.58. The van der Waals surface area contributed by atoms with Crippen LogP contribution in [0.3, 0.4) is 0 Å². The second kappa shape index (κ2) is 4.34. The Bertz CT molecular complexity index is 556. The molecule has 0 aromatic heterocycles. The first kappa shape index (κ1) is 12.2. The molecular formula is C16H17NO2. The number of benzene rings is 1. The first-order valence-corrected chi connectivity index (χ1v) is 6.73. The zero-order chi connectivity index (χ0) is 13.6. The van der Waals surface area contributed by atoms with Gasteiger partial charge in [-0.1, -0.05) is 38.1 Å². The van der Waals surface area contributed by atoms with Crippen LogP contribution in [0.2, 0.25) is 0 Å². The fourth-order valence-electron chi connectivity index (χ4n) is 3.24. The number of hydrogen-bond donors (Lipinski definition) is 0. The smallest absolute Gasteiger partial charge is 0.254 e. The first-order valence-electron chi connectivity index (χ1n) is 6.73. The molecule has 2 amide bonds. The third kappa shape index (κ3) is 1.81. The molecule has 19 heavy (non-hydrogen) atoms. The van der Waals surface area contributed by atoms with Gasteiger partial charge in [0.1, 0.15) is 0 Å². The van der Waals surface area contributed by atoms with Gasteiger partial charge in [0.05, 0.1) is 6.04 Å². The van der Waals surface area contributed by atoms with E-state index in [1.165, 1.54) is 22.6 Å². The molecule has 1 aromatic rings. The van der Waals surface area contributed by atoms with Gasteiger partial charge in [-0.15, -0.1) is 0 Å². The molecule has 0 spiro atoms. The monoisotopic (exact) mass is 255 g/mol. The van der Waals surface area contributed by atoms with Gasteiger partial charge in [0.25, 0.3) is 11.8 Å². The lowest BCUT2D eigenvalue weighted by Crippen LogP contribution is -2.33. The summed E-state index contributed by atoms with van der Waals surface area (Å²) < 4.78 is 0. The molecule has 0 saturated heterocycles. The Morgan fingerprint density at radius 2 is 1.63 bits per heavy atom. The molecule has 0 N–H and O–H groups in total. The van der Waals surface area contributed by atoms with Crippen molar-refractivity contribution >= 4 is 11.8 Å². The van der Waals surface area contributed by atoms with Crippen LogP contribution in [0.1, 0.15) is 43.4 Å². The highest BCUT2D eigenvalue weighted by Gasteiger charge is 2.40. The average molecular weight is 255 g/mol. The topological polar surface area (TPSA) is 37.4 Å². The summed E-state index contributed by atoms with van der Waals surface area (Å²) in [6, 6.07) is 8.08. The number of carbonyl (C=O) groups excluding carboxylic acids is 2. The molecule has 0 bridgehead atoms. The molecule has 98 valence electrons. The van der Waals surface area contributed by atoms with E-state index < -0.39 is 0 Å². The normalized spacial score (nSPS) is 25.5. The van der Waals surface area contributed by atoms with Gasteiger partial charge in [-0.05, 0) is 29.4 Å². The first-order chi connectivity index (χ1) is 9.09. The molecule has 0 radical (unpaired) electrons. The molecular weight excluding hydrogens is 238 g/mol. The molecule has 1 aliphatic carbocycles. The quantitative estimate of drug-likeness (QED) is 0.762. The highest BCUT2D eigenvalue weighted by molar-refractivity contribution is 6.13. The number of imide groups is 1. The summed E-state index contributed by atoms with van der Waals surface area (Å²) in [4.78, 5) is 25.2. The van der Waals surface area contributed by atoms with Crippen LogP contribution in [-0.2, 0) is 9.59 Å². The standard InChI is InChI=1S/C16H17NO2/c1-10(2)13-9-14(12-6-4-3-5-11(12)13)17-15(18)7-8-16(17)19/h3-8,10,13-14H,9H2,1-2H3/t13-,14-/m0/s1. The number of hydrogen-bond acceptors (Lipinski definition) is 2. The van der Waals surface area contributed by atoms with E-state index in [9.17, 15) is 9.59 Å². The van der Waals surface area contributed by atoms with E-state index in [0.29, 0.717) is 11.8 Å². The van der Waals surface area contributed by atoms with Gasteiger partial charge < -0.3 is 0 Å². The Kier molecular flexibility index (Phi) is 2.77. The van der Waals surface area contributed by atoms with Crippen LogP contribution in [-0.4, -0.2) is 16.7 Å². The van der Waals surface area contributed by atoms with Crippen molar-refractivity contribution in [3.8, 4) is 0 Å². The Labute approximate surface area is 112 Å². The van der Waals surface area contributed by atoms with Crippen molar-refractivity contribution in [3.05, 3.63) is 47.5 Å². The van der Waals surface area contributed by atoms with E-state index >= 15 is 0 Å². The maximum Gasteiger partial charge on any atom is 0.254 e. The minimum Gasteiger partial charge on any atom is -0.269 e. The Hall–Kier alpha value is -1.90. The van der Waals surface area contributed by atoms with Crippen LogP contribution in [0.4, 0.5) is 0 Å². The minimum absolute atomic E-state index is 0.0985. The van der Waals surface area contributed by atoms with Crippen LogP contribution in [0.5, 0.6) is 0 Å². The van der Waals surface area contributed by atoms with Crippen molar-refractivity contribution < 1.29 is 9.59 Å². The lowest BCUT2D eigenvalue weighted by Gasteiger charge is -2.23.